The van der Waals surface area contributed by atoms with Crippen molar-refractivity contribution >= 4 is 17.7 Å². The van der Waals surface area contributed by atoms with Gasteiger partial charge in [-0.15, -0.1) is 0 Å². The molecule has 0 heterocycles. The van der Waals surface area contributed by atoms with Crippen LogP contribution in [0.2, 0.25) is 0 Å². The van der Waals surface area contributed by atoms with Crippen LogP contribution in [0.1, 0.15) is 38.2 Å². The van der Waals surface area contributed by atoms with Crippen LogP contribution in [0, 0.1) is 0 Å². The van der Waals surface area contributed by atoms with Crippen LogP contribution in [0.4, 0.5) is 0 Å². The average molecular weight is 295 g/mol. The van der Waals surface area contributed by atoms with Crippen LogP contribution in [0.25, 0.3) is 0 Å². The Labute approximate surface area is 126 Å². The van der Waals surface area contributed by atoms with Crippen LogP contribution in [-0.2, 0) is 4.79 Å². The van der Waals surface area contributed by atoms with E-state index in [9.17, 15) is 9.90 Å². The van der Waals surface area contributed by atoms with Gasteiger partial charge >= 0.3 is 0 Å². The third kappa shape index (κ3) is 5.97. The molecule has 0 unspecified atom stereocenters. The van der Waals surface area contributed by atoms with Gasteiger partial charge in [-0.2, -0.15) is 11.8 Å². The van der Waals surface area contributed by atoms with Crippen molar-refractivity contribution in [3.8, 4) is 0 Å². The Morgan fingerprint density at radius 2 is 2.05 bits per heavy atom. The van der Waals surface area contributed by atoms with E-state index in [4.69, 9.17) is 0 Å². The van der Waals surface area contributed by atoms with Gasteiger partial charge in [-0.1, -0.05) is 37.3 Å². The van der Waals surface area contributed by atoms with E-state index in [1.807, 2.05) is 24.5 Å². The van der Waals surface area contributed by atoms with Crippen molar-refractivity contribution in [2.45, 2.75) is 38.2 Å². The molecular formula is C16H25NO2S. The third-order valence-corrected chi connectivity index (χ3v) is 4.23. The van der Waals surface area contributed by atoms with E-state index in [2.05, 4.69) is 24.4 Å². The van der Waals surface area contributed by atoms with Crippen LogP contribution in [0.15, 0.2) is 30.3 Å². The summed E-state index contributed by atoms with van der Waals surface area (Å²) in [6, 6.07) is 10.1. The largest absolute Gasteiger partial charge is 0.387 e. The quantitative estimate of drug-likeness (QED) is 0.775. The number of benzene rings is 1. The molecule has 0 radical (unpaired) electrons. The Hall–Kier alpha value is -1.00. The van der Waals surface area contributed by atoms with E-state index in [1.54, 1.807) is 18.7 Å². The number of hydrogen-bond acceptors (Lipinski definition) is 3. The molecule has 0 aromatic heterocycles. The second-order valence-corrected chi connectivity index (χ2v) is 6.29. The molecule has 0 aliphatic rings. The minimum Gasteiger partial charge on any atom is -0.387 e. The van der Waals surface area contributed by atoms with Gasteiger partial charge in [0.1, 0.15) is 0 Å². The second-order valence-electron chi connectivity index (χ2n) is 5.43. The van der Waals surface area contributed by atoms with Crippen molar-refractivity contribution < 1.29 is 9.90 Å². The lowest BCUT2D eigenvalue weighted by Crippen LogP contribution is -2.42. The second kappa shape index (κ2) is 8.32. The number of hydrogen-bond donors (Lipinski definition) is 2. The Balaban J connectivity index is 2.48. The van der Waals surface area contributed by atoms with Crippen molar-refractivity contribution in [2.75, 3.05) is 18.6 Å². The molecule has 2 atom stereocenters. The SMILES string of the molecule is CC[C@H](CC(=O)NC[C@@](C)(O)CSC)c1ccccc1. The lowest BCUT2D eigenvalue weighted by Gasteiger charge is -2.23. The highest BCUT2D eigenvalue weighted by atomic mass is 32.2. The fourth-order valence-corrected chi connectivity index (χ4v) is 2.89. The molecule has 0 aliphatic carbocycles. The molecule has 0 fully saturated rings. The summed E-state index contributed by atoms with van der Waals surface area (Å²) in [6.07, 6.45) is 3.34. The fourth-order valence-electron chi connectivity index (χ4n) is 2.17. The van der Waals surface area contributed by atoms with Crippen molar-refractivity contribution in [2.24, 2.45) is 0 Å². The molecule has 1 aromatic carbocycles. The topological polar surface area (TPSA) is 49.3 Å². The highest BCUT2D eigenvalue weighted by Crippen LogP contribution is 2.22. The molecule has 0 aliphatic heterocycles. The van der Waals surface area contributed by atoms with Gasteiger partial charge in [0.15, 0.2) is 0 Å². The van der Waals surface area contributed by atoms with Gasteiger partial charge in [0.05, 0.1) is 5.60 Å². The Morgan fingerprint density at radius 3 is 2.60 bits per heavy atom. The zero-order valence-corrected chi connectivity index (χ0v) is 13.4. The molecule has 20 heavy (non-hydrogen) atoms. The number of aliphatic hydroxyl groups is 1. The van der Waals surface area contributed by atoms with E-state index in [1.165, 1.54) is 5.56 Å². The third-order valence-electron chi connectivity index (χ3n) is 3.32. The fraction of sp³-hybridized carbons (Fsp3) is 0.562. The number of rotatable bonds is 8. The summed E-state index contributed by atoms with van der Waals surface area (Å²) in [7, 11) is 0. The number of thioether (sulfide) groups is 1. The molecule has 1 amide bonds. The number of nitrogens with one attached hydrogen (secondary N) is 1. The number of carbonyl (C=O) groups excluding carboxylic acids is 1. The predicted molar refractivity (Wildman–Crippen MR) is 86.1 cm³/mol. The highest BCUT2D eigenvalue weighted by Gasteiger charge is 2.21. The minimum atomic E-state index is -0.844. The molecule has 2 N–H and O–H groups in total. The molecule has 4 heteroatoms. The first kappa shape index (κ1) is 17.1. The molecule has 0 saturated heterocycles. The van der Waals surface area contributed by atoms with Crippen LogP contribution in [0.5, 0.6) is 0 Å². The van der Waals surface area contributed by atoms with Crippen molar-refractivity contribution in [3.05, 3.63) is 35.9 Å². The van der Waals surface area contributed by atoms with Gasteiger partial charge in [0.25, 0.3) is 0 Å². The molecule has 112 valence electrons. The van der Waals surface area contributed by atoms with Crippen LogP contribution in [0.3, 0.4) is 0 Å². The maximum atomic E-state index is 12.0. The van der Waals surface area contributed by atoms with Crippen LogP contribution < -0.4 is 5.32 Å². The summed E-state index contributed by atoms with van der Waals surface area (Å²) in [5, 5.41) is 12.9. The summed E-state index contributed by atoms with van der Waals surface area (Å²) >= 11 is 1.57. The van der Waals surface area contributed by atoms with Gasteiger partial charge < -0.3 is 10.4 Å². The summed E-state index contributed by atoms with van der Waals surface area (Å²) in [4.78, 5) is 12.0. The van der Waals surface area contributed by atoms with Crippen molar-refractivity contribution in [1.29, 1.82) is 0 Å². The van der Waals surface area contributed by atoms with E-state index < -0.39 is 5.60 Å². The minimum absolute atomic E-state index is 0.00193. The summed E-state index contributed by atoms with van der Waals surface area (Å²) in [5.74, 6) is 0.854. The standard InChI is InChI=1S/C16H25NO2S/c1-4-13(14-8-6-5-7-9-14)10-15(18)17-11-16(2,19)12-20-3/h5-9,13,19H,4,10-12H2,1-3H3,(H,17,18)/t13-,16-/m1/s1. The molecule has 3 nitrogen and oxygen atoms in total. The molecule has 0 bridgehead atoms. The first-order valence-electron chi connectivity index (χ1n) is 7.01. The summed E-state index contributed by atoms with van der Waals surface area (Å²) < 4.78 is 0. The van der Waals surface area contributed by atoms with Crippen LogP contribution >= 0.6 is 11.8 Å². The maximum absolute atomic E-state index is 12.0. The lowest BCUT2D eigenvalue weighted by atomic mass is 9.93. The average Bonchev–Trinajstić information content (AvgIpc) is 2.43. The normalized spacial score (nSPS) is 15.4. The van der Waals surface area contributed by atoms with E-state index in [0.29, 0.717) is 18.7 Å². The molecule has 1 aromatic rings. The predicted octanol–water partition coefficient (Wildman–Crippen LogP) is 2.80. The smallest absolute Gasteiger partial charge is 0.220 e. The molecule has 0 saturated carbocycles. The van der Waals surface area contributed by atoms with E-state index in [-0.39, 0.29) is 11.8 Å². The summed E-state index contributed by atoms with van der Waals surface area (Å²) in [5.41, 5.74) is 0.352. The van der Waals surface area contributed by atoms with E-state index >= 15 is 0 Å². The Morgan fingerprint density at radius 1 is 1.40 bits per heavy atom. The van der Waals surface area contributed by atoms with Gasteiger partial charge in [0.2, 0.25) is 5.91 Å². The number of amides is 1. The van der Waals surface area contributed by atoms with E-state index in [0.717, 1.165) is 6.42 Å². The summed E-state index contributed by atoms with van der Waals surface area (Å²) in [6.45, 7) is 4.14. The Kier molecular flexibility index (Phi) is 7.10. The van der Waals surface area contributed by atoms with Gasteiger partial charge in [-0.05, 0) is 31.1 Å². The monoisotopic (exact) mass is 295 g/mol. The number of carbonyl (C=O) groups is 1. The first-order chi connectivity index (χ1) is 9.48. The maximum Gasteiger partial charge on any atom is 0.220 e. The van der Waals surface area contributed by atoms with Gasteiger partial charge in [-0.3, -0.25) is 4.79 Å². The van der Waals surface area contributed by atoms with Crippen LogP contribution in [-0.4, -0.2) is 35.2 Å². The molecule has 1 rings (SSSR count). The lowest BCUT2D eigenvalue weighted by molar-refractivity contribution is -0.122. The molecular weight excluding hydrogens is 270 g/mol. The van der Waals surface area contributed by atoms with Crippen molar-refractivity contribution in [1.82, 2.24) is 5.32 Å². The zero-order valence-electron chi connectivity index (χ0n) is 12.6. The van der Waals surface area contributed by atoms with Gasteiger partial charge in [-0.25, -0.2) is 0 Å². The van der Waals surface area contributed by atoms with Gasteiger partial charge in [0, 0.05) is 18.7 Å². The highest BCUT2D eigenvalue weighted by molar-refractivity contribution is 7.98. The zero-order chi connectivity index (χ0) is 15.0. The molecule has 0 spiro atoms. The first-order valence-corrected chi connectivity index (χ1v) is 8.41. The Bertz CT molecular complexity index is 406. The van der Waals surface area contributed by atoms with Crippen molar-refractivity contribution in [3.63, 3.8) is 0 Å².